The molecule has 14 heavy (non-hydrogen) atoms. The molecule has 0 unspecified atom stereocenters. The van der Waals surface area contributed by atoms with Gasteiger partial charge in [0.05, 0.1) is 0 Å². The number of aromatic hydroxyl groups is 1. The van der Waals surface area contributed by atoms with E-state index in [0.29, 0.717) is 16.7 Å². The highest BCUT2D eigenvalue weighted by Crippen LogP contribution is 2.32. The van der Waals surface area contributed by atoms with Gasteiger partial charge < -0.3 is 10.4 Å². The molecule has 3 heteroatoms. The smallest absolute Gasteiger partial charge is 0.119 e. The van der Waals surface area contributed by atoms with Gasteiger partial charge in [-0.15, -0.1) is 0 Å². The summed E-state index contributed by atoms with van der Waals surface area (Å²) in [6, 6.07) is 5.26. The van der Waals surface area contributed by atoms with Gasteiger partial charge in [-0.25, -0.2) is 0 Å². The summed E-state index contributed by atoms with van der Waals surface area (Å²) in [7, 11) is 0. The Hall–Kier alpha value is -0.730. The Kier molecular flexibility index (Phi) is 2.94. The lowest BCUT2D eigenvalue weighted by Gasteiger charge is -2.23. The standard InChI is InChI=1S/C11H14ClNO/c12-9-3-4-11(14)10(6-9)8-2-1-5-13-7-8/h3-4,6,8,13-14H,1-2,5,7H2/t8-/m0/s1. The average molecular weight is 212 g/mol. The lowest BCUT2D eigenvalue weighted by Crippen LogP contribution is -2.28. The van der Waals surface area contributed by atoms with Gasteiger partial charge in [-0.05, 0) is 43.1 Å². The van der Waals surface area contributed by atoms with Crippen LogP contribution in [0.4, 0.5) is 0 Å². The van der Waals surface area contributed by atoms with Crippen molar-refractivity contribution < 1.29 is 5.11 Å². The normalized spacial score (nSPS) is 22.2. The van der Waals surface area contributed by atoms with Crippen LogP contribution in [0.3, 0.4) is 0 Å². The van der Waals surface area contributed by atoms with E-state index in [9.17, 15) is 5.11 Å². The minimum Gasteiger partial charge on any atom is -0.508 e. The van der Waals surface area contributed by atoms with Crippen molar-refractivity contribution in [2.75, 3.05) is 13.1 Å². The molecule has 1 aromatic carbocycles. The van der Waals surface area contributed by atoms with Crippen LogP contribution in [0.15, 0.2) is 18.2 Å². The van der Waals surface area contributed by atoms with E-state index >= 15 is 0 Å². The second-order valence-corrected chi connectivity index (χ2v) is 4.18. The largest absolute Gasteiger partial charge is 0.508 e. The molecule has 0 bridgehead atoms. The van der Waals surface area contributed by atoms with E-state index < -0.39 is 0 Å². The maximum atomic E-state index is 9.70. The highest BCUT2D eigenvalue weighted by Gasteiger charge is 2.18. The van der Waals surface area contributed by atoms with Crippen LogP contribution in [-0.4, -0.2) is 18.2 Å². The lowest BCUT2D eigenvalue weighted by atomic mass is 9.91. The molecule has 1 aliphatic heterocycles. The lowest BCUT2D eigenvalue weighted by molar-refractivity contribution is 0.425. The van der Waals surface area contributed by atoms with Gasteiger partial charge in [-0.1, -0.05) is 11.6 Å². The molecule has 1 atom stereocenters. The van der Waals surface area contributed by atoms with Crippen molar-refractivity contribution >= 4 is 11.6 Å². The summed E-state index contributed by atoms with van der Waals surface area (Å²) in [5.74, 6) is 0.769. The first kappa shape index (κ1) is 9.81. The van der Waals surface area contributed by atoms with Gasteiger partial charge in [-0.3, -0.25) is 0 Å². The maximum Gasteiger partial charge on any atom is 0.119 e. The Morgan fingerprint density at radius 1 is 1.43 bits per heavy atom. The second-order valence-electron chi connectivity index (χ2n) is 3.75. The van der Waals surface area contributed by atoms with Gasteiger partial charge >= 0.3 is 0 Å². The van der Waals surface area contributed by atoms with E-state index in [0.717, 1.165) is 31.5 Å². The van der Waals surface area contributed by atoms with Gasteiger partial charge in [-0.2, -0.15) is 0 Å². The van der Waals surface area contributed by atoms with Crippen LogP contribution in [0.1, 0.15) is 24.3 Å². The van der Waals surface area contributed by atoms with Gasteiger partial charge in [0.2, 0.25) is 0 Å². The topological polar surface area (TPSA) is 32.3 Å². The first-order valence-electron chi connectivity index (χ1n) is 4.96. The van der Waals surface area contributed by atoms with Gasteiger partial charge in [0.1, 0.15) is 5.75 Å². The van der Waals surface area contributed by atoms with Gasteiger partial charge in [0, 0.05) is 17.5 Å². The molecular weight excluding hydrogens is 198 g/mol. The van der Waals surface area contributed by atoms with Crippen LogP contribution in [0.2, 0.25) is 5.02 Å². The number of benzene rings is 1. The molecule has 0 spiro atoms. The van der Waals surface area contributed by atoms with Crippen LogP contribution in [-0.2, 0) is 0 Å². The first-order chi connectivity index (χ1) is 6.77. The molecule has 76 valence electrons. The van der Waals surface area contributed by atoms with Crippen LogP contribution in [0.25, 0.3) is 0 Å². The molecule has 1 saturated heterocycles. The Morgan fingerprint density at radius 2 is 2.29 bits per heavy atom. The summed E-state index contributed by atoms with van der Waals surface area (Å²) in [4.78, 5) is 0. The third-order valence-electron chi connectivity index (χ3n) is 2.73. The van der Waals surface area contributed by atoms with Crippen LogP contribution >= 0.6 is 11.6 Å². The van der Waals surface area contributed by atoms with Crippen molar-refractivity contribution in [1.82, 2.24) is 5.32 Å². The second kappa shape index (κ2) is 4.20. The number of hydrogen-bond acceptors (Lipinski definition) is 2. The summed E-state index contributed by atoms with van der Waals surface area (Å²) in [6.45, 7) is 2.02. The molecular formula is C11H14ClNO. The van der Waals surface area contributed by atoms with Crippen LogP contribution in [0.5, 0.6) is 5.75 Å². The predicted octanol–water partition coefficient (Wildman–Crippen LogP) is 2.51. The van der Waals surface area contributed by atoms with Crippen LogP contribution < -0.4 is 5.32 Å². The fraction of sp³-hybridized carbons (Fsp3) is 0.455. The quantitative estimate of drug-likeness (QED) is 0.748. The zero-order valence-corrected chi connectivity index (χ0v) is 8.72. The molecule has 0 aromatic heterocycles. The third kappa shape index (κ3) is 2.02. The monoisotopic (exact) mass is 211 g/mol. The van der Waals surface area contributed by atoms with E-state index in [-0.39, 0.29) is 0 Å². The summed E-state index contributed by atoms with van der Waals surface area (Å²) < 4.78 is 0. The van der Waals surface area contributed by atoms with Crippen molar-refractivity contribution in [1.29, 1.82) is 0 Å². The van der Waals surface area contributed by atoms with Crippen molar-refractivity contribution in [2.45, 2.75) is 18.8 Å². The van der Waals surface area contributed by atoms with Crippen molar-refractivity contribution in [3.8, 4) is 5.75 Å². The molecule has 0 saturated carbocycles. The summed E-state index contributed by atoms with van der Waals surface area (Å²) in [6.07, 6.45) is 2.29. The van der Waals surface area contributed by atoms with Crippen molar-refractivity contribution in [2.24, 2.45) is 0 Å². The average Bonchev–Trinajstić information content (AvgIpc) is 2.23. The minimum atomic E-state index is 0.364. The molecule has 1 aromatic rings. The van der Waals surface area contributed by atoms with E-state index in [2.05, 4.69) is 5.32 Å². The molecule has 1 fully saturated rings. The highest BCUT2D eigenvalue weighted by molar-refractivity contribution is 6.30. The zero-order chi connectivity index (χ0) is 9.97. The number of halogens is 1. The number of piperidine rings is 1. The molecule has 0 amide bonds. The summed E-state index contributed by atoms with van der Waals surface area (Å²) in [5, 5.41) is 13.7. The van der Waals surface area contributed by atoms with Crippen LogP contribution in [0, 0.1) is 0 Å². The Morgan fingerprint density at radius 3 is 3.00 bits per heavy atom. The minimum absolute atomic E-state index is 0.364. The van der Waals surface area contributed by atoms with Gasteiger partial charge in [0.15, 0.2) is 0 Å². The van der Waals surface area contributed by atoms with E-state index in [1.807, 2.05) is 6.07 Å². The molecule has 1 heterocycles. The number of hydrogen-bond donors (Lipinski definition) is 2. The third-order valence-corrected chi connectivity index (χ3v) is 2.96. The first-order valence-corrected chi connectivity index (χ1v) is 5.34. The maximum absolute atomic E-state index is 9.70. The van der Waals surface area contributed by atoms with E-state index in [1.165, 1.54) is 0 Å². The van der Waals surface area contributed by atoms with Crippen molar-refractivity contribution in [3.63, 3.8) is 0 Å². The summed E-state index contributed by atoms with van der Waals surface area (Å²) in [5.41, 5.74) is 0.977. The molecule has 0 radical (unpaired) electrons. The summed E-state index contributed by atoms with van der Waals surface area (Å²) >= 11 is 5.90. The number of nitrogens with one attached hydrogen (secondary N) is 1. The number of phenols is 1. The van der Waals surface area contributed by atoms with E-state index in [4.69, 9.17) is 11.6 Å². The SMILES string of the molecule is Oc1ccc(Cl)cc1[C@H]1CCCNC1. The molecule has 1 aliphatic rings. The van der Waals surface area contributed by atoms with E-state index in [1.54, 1.807) is 12.1 Å². The van der Waals surface area contributed by atoms with Gasteiger partial charge in [0.25, 0.3) is 0 Å². The number of phenolic OH excluding ortho intramolecular Hbond substituents is 1. The number of rotatable bonds is 1. The highest BCUT2D eigenvalue weighted by atomic mass is 35.5. The zero-order valence-electron chi connectivity index (χ0n) is 7.96. The molecule has 2 rings (SSSR count). The Bertz CT molecular complexity index is 321. The molecule has 2 nitrogen and oxygen atoms in total. The fourth-order valence-corrected chi connectivity index (χ4v) is 2.15. The molecule has 2 N–H and O–H groups in total. The molecule has 0 aliphatic carbocycles. The van der Waals surface area contributed by atoms with Crippen molar-refractivity contribution in [3.05, 3.63) is 28.8 Å². The Balaban J connectivity index is 2.24. The Labute approximate surface area is 88.9 Å². The predicted molar refractivity (Wildman–Crippen MR) is 58.0 cm³/mol. The fourth-order valence-electron chi connectivity index (χ4n) is 1.97.